The molecule has 1 heterocycles. The highest BCUT2D eigenvalue weighted by Gasteiger charge is 1.61. The lowest BCUT2D eigenvalue weighted by Crippen LogP contribution is -1.39. The molecule has 0 atom stereocenters. The van der Waals surface area contributed by atoms with E-state index in [4.69, 9.17) is 0 Å². The van der Waals surface area contributed by atoms with Crippen LogP contribution in [0.25, 0.3) is 0 Å². The van der Waals surface area contributed by atoms with E-state index < -0.39 is 0 Å². The molecule has 1 rings (SSSR count). The molecule has 1 aromatic heterocycles. The Labute approximate surface area is 29.4 Å². The van der Waals surface area contributed by atoms with Crippen molar-refractivity contribution in [3.05, 3.63) is 18.5 Å². The van der Waals surface area contributed by atoms with Crippen LogP contribution in [0.4, 0.5) is 0 Å². The SMILES string of the molecule is [c]1cnoc1. The van der Waals surface area contributed by atoms with E-state index in [0.29, 0.717) is 0 Å². The van der Waals surface area contributed by atoms with E-state index in [1.54, 1.807) is 0 Å². The molecule has 0 N–H and O–H groups in total. The Morgan fingerprint density at radius 2 is 2.80 bits per heavy atom. The lowest BCUT2D eigenvalue weighted by Gasteiger charge is -1.48. The van der Waals surface area contributed by atoms with E-state index in [2.05, 4.69) is 15.7 Å². The Balaban J connectivity index is 3.13. The molecule has 0 unspecified atom stereocenters. The molecular formula is C3H2NO. The number of hydrogen-bond acceptors (Lipinski definition) is 2. The van der Waals surface area contributed by atoms with Crippen LogP contribution in [0, 0.1) is 6.07 Å². The molecule has 1 aromatic rings. The maximum Gasteiger partial charge on any atom is 0.131 e. The van der Waals surface area contributed by atoms with Crippen LogP contribution in [-0.2, 0) is 0 Å². The fraction of sp³-hybridized carbons (Fsp3) is 0. The maximum absolute atomic E-state index is 4.28. The molecule has 0 spiro atoms. The summed E-state index contributed by atoms with van der Waals surface area (Å²) in [6.07, 6.45) is 2.85. The van der Waals surface area contributed by atoms with Gasteiger partial charge >= 0.3 is 0 Å². The van der Waals surface area contributed by atoms with Gasteiger partial charge in [0.05, 0.1) is 6.20 Å². The van der Waals surface area contributed by atoms with Gasteiger partial charge in [0.25, 0.3) is 0 Å². The van der Waals surface area contributed by atoms with Crippen LogP contribution in [0.15, 0.2) is 17.0 Å². The molecule has 0 saturated heterocycles. The summed E-state index contributed by atoms with van der Waals surface area (Å²) in [5.41, 5.74) is 0. The van der Waals surface area contributed by atoms with E-state index in [-0.39, 0.29) is 0 Å². The van der Waals surface area contributed by atoms with Gasteiger partial charge < -0.3 is 4.52 Å². The number of aromatic nitrogens is 1. The summed E-state index contributed by atoms with van der Waals surface area (Å²) < 4.78 is 4.28. The Kier molecular flexibility index (Phi) is 0.433. The zero-order valence-electron chi connectivity index (χ0n) is 2.51. The third-order valence-electron chi connectivity index (χ3n) is 0.309. The monoisotopic (exact) mass is 68.0 g/mol. The summed E-state index contributed by atoms with van der Waals surface area (Å²) in [7, 11) is 0. The molecule has 0 aliphatic carbocycles. The van der Waals surface area contributed by atoms with Crippen molar-refractivity contribution in [1.82, 2.24) is 5.16 Å². The molecule has 2 heteroatoms. The summed E-state index contributed by atoms with van der Waals surface area (Å²) >= 11 is 0. The van der Waals surface area contributed by atoms with Crippen molar-refractivity contribution in [3.8, 4) is 0 Å². The Hall–Kier alpha value is -0.790. The molecule has 1 radical (unpaired) electrons. The Morgan fingerprint density at radius 3 is 3.00 bits per heavy atom. The molecule has 0 aromatic carbocycles. The first kappa shape index (κ1) is 2.45. The minimum atomic E-state index is 1.39. The van der Waals surface area contributed by atoms with E-state index in [0.717, 1.165) is 0 Å². The number of hydrogen-bond donors (Lipinski definition) is 0. The van der Waals surface area contributed by atoms with Gasteiger partial charge in [0, 0.05) is 6.07 Å². The van der Waals surface area contributed by atoms with Crippen LogP contribution in [0.2, 0.25) is 0 Å². The van der Waals surface area contributed by atoms with Crippen LogP contribution in [0.3, 0.4) is 0 Å². The van der Waals surface area contributed by atoms with Crippen molar-refractivity contribution in [1.29, 1.82) is 0 Å². The topological polar surface area (TPSA) is 26.0 Å². The highest BCUT2D eigenvalue weighted by atomic mass is 16.5. The van der Waals surface area contributed by atoms with E-state index in [1.807, 2.05) is 0 Å². The summed E-state index contributed by atoms with van der Waals surface area (Å²) in [5.74, 6) is 0. The van der Waals surface area contributed by atoms with Crippen molar-refractivity contribution in [2.75, 3.05) is 0 Å². The first-order valence-electron chi connectivity index (χ1n) is 1.25. The van der Waals surface area contributed by atoms with Gasteiger partial charge in [-0.15, -0.1) is 0 Å². The summed E-state index contributed by atoms with van der Waals surface area (Å²) in [4.78, 5) is 0. The first-order valence-corrected chi connectivity index (χ1v) is 1.25. The summed E-state index contributed by atoms with van der Waals surface area (Å²) in [6, 6.07) is 2.58. The average Bonchev–Trinajstić information content (AvgIpc) is 1.76. The molecule has 0 saturated carbocycles. The predicted molar refractivity (Wildman–Crippen MR) is 15.3 cm³/mol. The number of nitrogens with zero attached hydrogens (tertiary/aromatic N) is 1. The quantitative estimate of drug-likeness (QED) is 0.441. The predicted octanol–water partition coefficient (Wildman–Crippen LogP) is 0.475. The second-order valence-electron chi connectivity index (χ2n) is 0.624. The van der Waals surface area contributed by atoms with Gasteiger partial charge in [0.15, 0.2) is 0 Å². The van der Waals surface area contributed by atoms with E-state index in [1.165, 1.54) is 12.5 Å². The van der Waals surface area contributed by atoms with Crippen molar-refractivity contribution in [2.24, 2.45) is 0 Å². The average molecular weight is 68.1 g/mol. The molecule has 0 aliphatic heterocycles. The van der Waals surface area contributed by atoms with Crippen molar-refractivity contribution in [2.45, 2.75) is 0 Å². The van der Waals surface area contributed by atoms with Crippen LogP contribution >= 0.6 is 0 Å². The third-order valence-corrected chi connectivity index (χ3v) is 0.309. The van der Waals surface area contributed by atoms with Crippen molar-refractivity contribution >= 4 is 0 Å². The van der Waals surface area contributed by atoms with Gasteiger partial charge in [-0.25, -0.2) is 0 Å². The van der Waals surface area contributed by atoms with Gasteiger partial charge in [0.1, 0.15) is 6.26 Å². The second kappa shape index (κ2) is 0.885. The smallest absolute Gasteiger partial charge is 0.131 e. The molecule has 0 fully saturated rings. The second-order valence-corrected chi connectivity index (χ2v) is 0.624. The van der Waals surface area contributed by atoms with Gasteiger partial charge in [-0.3, -0.25) is 0 Å². The van der Waals surface area contributed by atoms with Crippen LogP contribution < -0.4 is 0 Å². The lowest BCUT2D eigenvalue weighted by molar-refractivity contribution is 0.419. The van der Waals surface area contributed by atoms with Crippen LogP contribution in [-0.4, -0.2) is 5.16 Å². The van der Waals surface area contributed by atoms with Gasteiger partial charge in [0.2, 0.25) is 0 Å². The minimum Gasteiger partial charge on any atom is -0.364 e. The molecule has 5 heavy (non-hydrogen) atoms. The zero-order valence-corrected chi connectivity index (χ0v) is 2.51. The third kappa shape index (κ3) is 0.265. The van der Waals surface area contributed by atoms with E-state index >= 15 is 0 Å². The molecule has 2 nitrogen and oxygen atoms in total. The number of rotatable bonds is 0. The Morgan fingerprint density at radius 1 is 1.80 bits per heavy atom. The minimum absolute atomic E-state index is 1.39. The lowest BCUT2D eigenvalue weighted by atomic mass is 10.8. The van der Waals surface area contributed by atoms with Crippen molar-refractivity contribution in [3.63, 3.8) is 0 Å². The van der Waals surface area contributed by atoms with Gasteiger partial charge in [-0.1, -0.05) is 5.16 Å². The summed E-state index contributed by atoms with van der Waals surface area (Å²) in [6.45, 7) is 0. The Bertz CT molecular complexity index is 63.4. The van der Waals surface area contributed by atoms with E-state index in [9.17, 15) is 0 Å². The molecule has 0 amide bonds. The van der Waals surface area contributed by atoms with Gasteiger partial charge in [-0.2, -0.15) is 0 Å². The maximum atomic E-state index is 4.28. The molecular weight excluding hydrogens is 66.0 g/mol. The highest BCUT2D eigenvalue weighted by molar-refractivity contribution is 4.63. The fourth-order valence-corrected chi connectivity index (χ4v) is 0.152. The van der Waals surface area contributed by atoms with Crippen LogP contribution in [0.5, 0.6) is 0 Å². The van der Waals surface area contributed by atoms with Gasteiger partial charge in [-0.05, 0) is 0 Å². The first-order chi connectivity index (χ1) is 2.50. The van der Waals surface area contributed by atoms with Crippen molar-refractivity contribution < 1.29 is 4.52 Å². The zero-order chi connectivity index (χ0) is 3.54. The van der Waals surface area contributed by atoms with Crippen LogP contribution in [0.1, 0.15) is 0 Å². The fourth-order valence-electron chi connectivity index (χ4n) is 0.152. The standard InChI is InChI=1S/C3H2NO/c1-2-4-5-3-1/h2-3H. The molecule has 0 bridgehead atoms. The largest absolute Gasteiger partial charge is 0.364 e. The molecule has 25 valence electrons. The molecule has 0 aliphatic rings. The highest BCUT2D eigenvalue weighted by Crippen LogP contribution is 1.70. The normalized spacial score (nSPS) is 8.00. The summed E-state index contributed by atoms with van der Waals surface area (Å²) in [5, 5.41) is 3.29.